The Balaban J connectivity index is 1.29. The first-order valence-electron chi connectivity index (χ1n) is 12.3. The second kappa shape index (κ2) is 9.02. The average Bonchev–Trinajstić information content (AvgIpc) is 2.79. The summed E-state index contributed by atoms with van der Waals surface area (Å²) in [4.78, 5) is 0. The minimum atomic E-state index is -5.18. The van der Waals surface area contributed by atoms with Crippen molar-refractivity contribution in [1.82, 2.24) is 0 Å². The maximum atomic E-state index is 15.2. The van der Waals surface area contributed by atoms with Crippen LogP contribution in [-0.2, 0) is 16.5 Å². The molecule has 0 aromatic heterocycles. The predicted molar refractivity (Wildman–Crippen MR) is 118 cm³/mol. The molecule has 2 atom stereocenters. The lowest BCUT2D eigenvalue weighted by Crippen LogP contribution is -2.47. The summed E-state index contributed by atoms with van der Waals surface area (Å²) in [7, 11) is 0. The molecule has 8 heteroatoms. The number of halogens is 6. The number of fused-ring (bicyclic) bond motifs is 2. The van der Waals surface area contributed by atoms with Crippen molar-refractivity contribution in [2.75, 3.05) is 6.61 Å². The fourth-order valence-electron chi connectivity index (χ4n) is 6.12. The second-order valence-electron chi connectivity index (χ2n) is 10.2. The summed E-state index contributed by atoms with van der Waals surface area (Å²) < 4.78 is 94.0. The lowest BCUT2D eigenvalue weighted by Gasteiger charge is -2.49. The molecule has 2 aromatic rings. The Kier molecular flexibility index (Phi) is 6.31. The number of alkyl halides is 3. The topological polar surface area (TPSA) is 18.5 Å². The van der Waals surface area contributed by atoms with E-state index < -0.39 is 34.8 Å². The van der Waals surface area contributed by atoms with Gasteiger partial charge in [-0.2, -0.15) is 13.2 Å². The van der Waals surface area contributed by atoms with Crippen molar-refractivity contribution in [1.29, 1.82) is 0 Å². The van der Waals surface area contributed by atoms with Crippen molar-refractivity contribution in [3.05, 3.63) is 52.8 Å². The van der Waals surface area contributed by atoms with Gasteiger partial charge in [-0.05, 0) is 74.5 Å². The van der Waals surface area contributed by atoms with Crippen LogP contribution in [0, 0.1) is 29.3 Å². The third kappa shape index (κ3) is 4.32. The highest BCUT2D eigenvalue weighted by atomic mass is 19.4. The highest BCUT2D eigenvalue weighted by molar-refractivity contribution is 5.69. The first-order chi connectivity index (χ1) is 16.6. The molecule has 2 aromatic carbocycles. The molecule has 0 amide bonds. The van der Waals surface area contributed by atoms with Gasteiger partial charge in [-0.25, -0.2) is 13.2 Å². The highest BCUT2D eigenvalue weighted by Crippen LogP contribution is 2.56. The van der Waals surface area contributed by atoms with Crippen LogP contribution < -0.4 is 4.74 Å². The van der Waals surface area contributed by atoms with E-state index >= 15 is 4.39 Å². The van der Waals surface area contributed by atoms with Crippen LogP contribution >= 0.6 is 0 Å². The third-order valence-electron chi connectivity index (χ3n) is 7.99. The molecule has 0 N–H and O–H groups in total. The van der Waals surface area contributed by atoms with Crippen LogP contribution in [0.1, 0.15) is 69.4 Å². The van der Waals surface area contributed by atoms with E-state index in [1.807, 2.05) is 0 Å². The van der Waals surface area contributed by atoms with Crippen LogP contribution in [0.15, 0.2) is 24.3 Å². The van der Waals surface area contributed by atoms with Crippen molar-refractivity contribution in [2.24, 2.45) is 11.8 Å². The van der Waals surface area contributed by atoms with Crippen molar-refractivity contribution >= 4 is 0 Å². The molecule has 2 heterocycles. The van der Waals surface area contributed by atoms with E-state index in [-0.39, 0.29) is 23.0 Å². The maximum Gasteiger partial charge on any atom is 0.422 e. The molecule has 0 radical (unpaired) electrons. The van der Waals surface area contributed by atoms with Crippen LogP contribution in [0.25, 0.3) is 11.1 Å². The first kappa shape index (κ1) is 24.5. The van der Waals surface area contributed by atoms with Crippen LogP contribution in [0.3, 0.4) is 0 Å². The van der Waals surface area contributed by atoms with E-state index in [1.54, 1.807) is 6.07 Å². The number of hydrogen-bond acceptors (Lipinski definition) is 2. The first-order valence-corrected chi connectivity index (χ1v) is 12.3. The van der Waals surface area contributed by atoms with Crippen molar-refractivity contribution in [2.45, 2.75) is 76.2 Å². The Morgan fingerprint density at radius 1 is 0.971 bits per heavy atom. The molecule has 1 spiro atoms. The van der Waals surface area contributed by atoms with Gasteiger partial charge in [0, 0.05) is 17.7 Å². The quantitative estimate of drug-likeness (QED) is 0.396. The van der Waals surface area contributed by atoms with Gasteiger partial charge < -0.3 is 9.47 Å². The van der Waals surface area contributed by atoms with Gasteiger partial charge in [-0.1, -0.05) is 25.5 Å². The maximum absolute atomic E-state index is 15.2. The molecular formula is C27H28F6O2. The lowest BCUT2D eigenvalue weighted by molar-refractivity contribution is -0.142. The van der Waals surface area contributed by atoms with E-state index in [1.165, 1.54) is 25.3 Å². The smallest absolute Gasteiger partial charge is 0.422 e. The Bertz CT molecular complexity index is 1070. The summed E-state index contributed by atoms with van der Waals surface area (Å²) in [6.07, 6.45) is 2.96. The number of benzene rings is 2. The molecule has 5 rings (SSSR count). The van der Waals surface area contributed by atoms with E-state index in [0.717, 1.165) is 38.7 Å². The number of ether oxygens (including phenoxy) is 2. The van der Waals surface area contributed by atoms with E-state index in [0.29, 0.717) is 29.5 Å². The SMILES string of the molecule is CCCC1CCC(C2CCC3(CC2)Oc2c3ccc(-c3cc(F)c(C(F)(F)F)c(F)c3)c2F)OC1. The molecular weight excluding hydrogens is 470 g/mol. The fourth-order valence-corrected chi connectivity index (χ4v) is 6.12. The second-order valence-corrected chi connectivity index (χ2v) is 10.2. The van der Waals surface area contributed by atoms with Gasteiger partial charge in [0.2, 0.25) is 0 Å². The number of rotatable bonds is 4. The summed E-state index contributed by atoms with van der Waals surface area (Å²) in [6, 6.07) is 4.04. The van der Waals surface area contributed by atoms with Crippen molar-refractivity contribution in [3.8, 4) is 16.9 Å². The molecule has 2 aliphatic heterocycles. The van der Waals surface area contributed by atoms with E-state index in [4.69, 9.17) is 9.47 Å². The molecule has 0 bridgehead atoms. The normalized spacial score (nSPS) is 28.4. The zero-order valence-electron chi connectivity index (χ0n) is 19.5. The third-order valence-corrected chi connectivity index (χ3v) is 7.99. The van der Waals surface area contributed by atoms with Gasteiger partial charge in [-0.3, -0.25) is 0 Å². The van der Waals surface area contributed by atoms with Crippen LogP contribution in [0.5, 0.6) is 5.75 Å². The molecule has 1 aliphatic carbocycles. The van der Waals surface area contributed by atoms with Crippen LogP contribution in [-0.4, -0.2) is 12.7 Å². The van der Waals surface area contributed by atoms with Crippen molar-refractivity contribution in [3.63, 3.8) is 0 Å². The Morgan fingerprint density at radius 2 is 1.66 bits per heavy atom. The van der Waals surface area contributed by atoms with E-state index in [9.17, 15) is 22.0 Å². The summed E-state index contributed by atoms with van der Waals surface area (Å²) in [6.45, 7) is 3.01. The van der Waals surface area contributed by atoms with Gasteiger partial charge >= 0.3 is 6.18 Å². The molecule has 2 nitrogen and oxygen atoms in total. The summed E-state index contributed by atoms with van der Waals surface area (Å²) in [5.74, 6) is -3.27. The predicted octanol–water partition coefficient (Wildman–Crippen LogP) is 8.16. The molecule has 190 valence electrons. The fraction of sp³-hybridized carbons (Fsp3) is 0.556. The average molecular weight is 499 g/mol. The van der Waals surface area contributed by atoms with Gasteiger partial charge in [0.15, 0.2) is 11.6 Å². The summed E-state index contributed by atoms with van der Waals surface area (Å²) in [5.41, 5.74) is -2.37. The molecule has 1 saturated carbocycles. The molecule has 2 fully saturated rings. The number of hydrogen-bond donors (Lipinski definition) is 0. The molecule has 35 heavy (non-hydrogen) atoms. The Labute approximate surface area is 200 Å². The zero-order chi connectivity index (χ0) is 25.0. The molecule has 1 saturated heterocycles. The van der Waals surface area contributed by atoms with Crippen LogP contribution in [0.4, 0.5) is 26.3 Å². The standard InChI is InChI=1S/C27H28F6O2/c1-2-3-15-4-7-22(34-14-15)16-8-10-26(11-9-16)19-6-5-18(24(30)25(19)35-26)17-12-20(28)23(21(29)13-17)27(31,32)33/h5-6,12-13,15-16,22H,2-4,7-11,14H2,1H3. The molecule has 3 aliphatic rings. The zero-order valence-corrected chi connectivity index (χ0v) is 19.5. The van der Waals surface area contributed by atoms with Crippen molar-refractivity contribution < 1.29 is 35.8 Å². The minimum absolute atomic E-state index is 0.0120. The Hall–Kier alpha value is -2.22. The van der Waals surface area contributed by atoms with Gasteiger partial charge in [0.1, 0.15) is 22.8 Å². The Morgan fingerprint density at radius 3 is 2.23 bits per heavy atom. The lowest BCUT2D eigenvalue weighted by atomic mass is 9.69. The van der Waals surface area contributed by atoms with Gasteiger partial charge in [0.25, 0.3) is 0 Å². The summed E-state index contributed by atoms with van der Waals surface area (Å²) >= 11 is 0. The van der Waals surface area contributed by atoms with Gasteiger partial charge in [0.05, 0.1) is 6.10 Å². The monoisotopic (exact) mass is 498 g/mol. The van der Waals surface area contributed by atoms with Gasteiger partial charge in [-0.15, -0.1) is 0 Å². The van der Waals surface area contributed by atoms with Crippen LogP contribution in [0.2, 0.25) is 0 Å². The van der Waals surface area contributed by atoms with E-state index in [2.05, 4.69) is 6.92 Å². The minimum Gasteiger partial charge on any atom is -0.479 e. The molecule has 2 unspecified atom stereocenters. The highest BCUT2D eigenvalue weighted by Gasteiger charge is 2.50. The summed E-state index contributed by atoms with van der Waals surface area (Å²) in [5, 5.41) is 0. The largest absolute Gasteiger partial charge is 0.479 e.